The second-order valence-corrected chi connectivity index (χ2v) is 5.18. The highest BCUT2D eigenvalue weighted by Crippen LogP contribution is 2.36. The zero-order valence-electron chi connectivity index (χ0n) is 13.6. The molecule has 0 saturated carbocycles. The Hall–Kier alpha value is -2.46. The number of aliphatic carboxylic acids is 1. The van der Waals surface area contributed by atoms with E-state index in [1.807, 2.05) is 0 Å². The monoisotopic (exact) mass is 386 g/mol. The average Bonchev–Trinajstić information content (AvgIpc) is 2.94. The van der Waals surface area contributed by atoms with E-state index in [-0.39, 0.29) is 31.7 Å². The number of halogens is 6. The minimum absolute atomic E-state index is 0.0115. The number of rotatable bonds is 5. The number of carboxylic acids is 1. The van der Waals surface area contributed by atoms with Crippen molar-refractivity contribution in [3.63, 3.8) is 0 Å². The van der Waals surface area contributed by atoms with Crippen LogP contribution in [0.5, 0.6) is 0 Å². The van der Waals surface area contributed by atoms with Gasteiger partial charge in [-0.25, -0.2) is 13.6 Å². The molecule has 0 aliphatic carbocycles. The first-order chi connectivity index (χ1) is 12.1. The number of carboxylic acid groups (broad SMARTS) is 1. The van der Waals surface area contributed by atoms with Gasteiger partial charge in [-0.3, -0.25) is 14.1 Å². The number of alkyl halides is 6. The highest BCUT2D eigenvalue weighted by Gasteiger charge is 2.35. The fourth-order valence-corrected chi connectivity index (χ4v) is 2.34. The summed E-state index contributed by atoms with van der Waals surface area (Å²) in [5, 5.41) is 8.61. The van der Waals surface area contributed by atoms with Crippen molar-refractivity contribution in [3.05, 3.63) is 29.3 Å². The van der Waals surface area contributed by atoms with Gasteiger partial charge in [0.2, 0.25) is 0 Å². The first kappa shape index (κ1) is 21.6. The molecule has 0 bridgehead atoms. The van der Waals surface area contributed by atoms with E-state index in [0.717, 1.165) is 15.9 Å². The van der Waals surface area contributed by atoms with Crippen LogP contribution in [0.4, 0.5) is 36.8 Å². The van der Waals surface area contributed by atoms with Crippen LogP contribution in [0, 0.1) is 0 Å². The third-order valence-electron chi connectivity index (χ3n) is 3.52. The van der Waals surface area contributed by atoms with Crippen LogP contribution >= 0.6 is 0 Å². The molecule has 0 aromatic heterocycles. The summed E-state index contributed by atoms with van der Waals surface area (Å²) in [6.07, 6.45) is -8.26. The molecule has 1 N–H and O–H groups in total. The molecule has 0 radical (unpaired) electrons. The molecule has 5 nitrogen and oxygen atoms in total. The summed E-state index contributed by atoms with van der Waals surface area (Å²) in [6.45, 7) is -0.0137. The second kappa shape index (κ2) is 8.77. The molecule has 146 valence electrons. The Balaban J connectivity index is 0.00000163. The van der Waals surface area contributed by atoms with Crippen molar-refractivity contribution < 1.29 is 41.0 Å². The van der Waals surface area contributed by atoms with Gasteiger partial charge in [-0.1, -0.05) is 0 Å². The zero-order valence-corrected chi connectivity index (χ0v) is 13.6. The lowest BCUT2D eigenvalue weighted by Crippen LogP contribution is -2.33. The second-order valence-electron chi connectivity index (χ2n) is 5.18. The van der Waals surface area contributed by atoms with Crippen molar-refractivity contribution in [2.45, 2.75) is 19.0 Å². The van der Waals surface area contributed by atoms with E-state index in [9.17, 15) is 35.9 Å². The van der Waals surface area contributed by atoms with Crippen LogP contribution in [0.25, 0.3) is 0 Å². The number of carbonyl (C=O) groups is 2. The van der Waals surface area contributed by atoms with Gasteiger partial charge in [-0.05, 0) is 18.2 Å². The van der Waals surface area contributed by atoms with Crippen LogP contribution in [0.2, 0.25) is 0 Å². The fraction of sp³-hybridized carbons (Fsp3) is 0.467. The van der Waals surface area contributed by atoms with Crippen LogP contribution < -0.4 is 4.90 Å². The quantitative estimate of drug-likeness (QED) is 0.780. The van der Waals surface area contributed by atoms with Crippen LogP contribution in [-0.4, -0.2) is 48.8 Å². The average molecular weight is 386 g/mol. The summed E-state index contributed by atoms with van der Waals surface area (Å²) in [6, 6.07) is 1.09. The molecular formula is C15H16F6N2O3. The van der Waals surface area contributed by atoms with Crippen molar-refractivity contribution in [1.29, 1.82) is 0 Å². The normalized spacial score (nSPS) is 14.5. The maximum absolute atomic E-state index is 12.9. The third kappa shape index (κ3) is 5.27. The Bertz CT molecular complexity index is 651. The predicted octanol–water partition coefficient (Wildman–Crippen LogP) is 3.95. The van der Waals surface area contributed by atoms with Gasteiger partial charge in [0.1, 0.15) is 0 Å². The van der Waals surface area contributed by atoms with Crippen LogP contribution in [0.15, 0.2) is 18.2 Å². The molecule has 0 unspecified atom stereocenters. The number of hydrogen-bond donors (Lipinski definition) is 1. The molecule has 26 heavy (non-hydrogen) atoms. The van der Waals surface area contributed by atoms with Crippen molar-refractivity contribution >= 4 is 17.7 Å². The molecule has 1 aliphatic heterocycles. The molecule has 0 spiro atoms. The van der Waals surface area contributed by atoms with Crippen LogP contribution in [0.1, 0.15) is 24.0 Å². The summed E-state index contributed by atoms with van der Waals surface area (Å²) >= 11 is 0. The Morgan fingerprint density at radius 1 is 1.19 bits per heavy atom. The minimum atomic E-state index is -4.83. The van der Waals surface area contributed by atoms with E-state index in [2.05, 4.69) is 0 Å². The molecule has 1 aromatic rings. The molecule has 1 aromatic carbocycles. The number of carbonyl (C=O) groups excluding carboxylic acids is 1. The Morgan fingerprint density at radius 2 is 1.81 bits per heavy atom. The van der Waals surface area contributed by atoms with Gasteiger partial charge in [0, 0.05) is 30.9 Å². The maximum atomic E-state index is 12.9. The number of anilines is 1. The summed E-state index contributed by atoms with van der Waals surface area (Å²) < 4.78 is 73.8. The highest BCUT2D eigenvalue weighted by atomic mass is 19.4. The summed E-state index contributed by atoms with van der Waals surface area (Å²) in [5.74, 6) is -1.12. The molecule has 11 heteroatoms. The van der Waals surface area contributed by atoms with Gasteiger partial charge in [-0.15, -0.1) is 0 Å². The van der Waals surface area contributed by atoms with Gasteiger partial charge in [-0.2, -0.15) is 13.2 Å². The Labute approximate surface area is 144 Å². The van der Waals surface area contributed by atoms with Gasteiger partial charge in [0.05, 0.1) is 19.2 Å². The van der Waals surface area contributed by atoms with E-state index < -0.39 is 35.7 Å². The Morgan fingerprint density at radius 3 is 2.31 bits per heavy atom. The van der Waals surface area contributed by atoms with Crippen molar-refractivity contribution in [1.82, 2.24) is 4.90 Å². The zero-order chi connectivity index (χ0) is 20.1. The SMILES string of the molecule is CF.O=C(O)CCN1CCN(c2cc(C(F)F)cc(C(F)(F)F)c2)C1=O. The molecule has 2 amide bonds. The third-order valence-corrected chi connectivity index (χ3v) is 3.52. The molecule has 1 fully saturated rings. The maximum Gasteiger partial charge on any atom is 0.416 e. The first-order valence-corrected chi connectivity index (χ1v) is 7.26. The van der Waals surface area contributed by atoms with E-state index >= 15 is 0 Å². The van der Waals surface area contributed by atoms with Gasteiger partial charge < -0.3 is 10.0 Å². The lowest BCUT2D eigenvalue weighted by Gasteiger charge is -2.20. The number of amides is 2. The Kier molecular flexibility index (Phi) is 7.28. The number of nitrogens with zero attached hydrogens (tertiary/aromatic N) is 2. The highest BCUT2D eigenvalue weighted by molar-refractivity contribution is 5.94. The largest absolute Gasteiger partial charge is 0.481 e. The number of urea groups is 1. The van der Waals surface area contributed by atoms with Crippen molar-refractivity contribution in [2.75, 3.05) is 31.7 Å². The lowest BCUT2D eigenvalue weighted by molar-refractivity contribution is -0.138. The molecule has 1 aliphatic rings. The van der Waals surface area contributed by atoms with E-state index in [1.165, 1.54) is 0 Å². The summed E-state index contributed by atoms with van der Waals surface area (Å²) in [4.78, 5) is 24.8. The van der Waals surface area contributed by atoms with E-state index in [1.54, 1.807) is 0 Å². The van der Waals surface area contributed by atoms with Crippen LogP contribution in [-0.2, 0) is 11.0 Å². The first-order valence-electron chi connectivity index (χ1n) is 7.26. The van der Waals surface area contributed by atoms with Gasteiger partial charge in [0.25, 0.3) is 6.43 Å². The standard InChI is InChI=1S/C14H13F5N2O3.CH3F/c15-12(16)8-5-9(14(17,18)19)7-10(6-8)21-4-3-20(13(21)24)2-1-11(22)23;1-2/h5-7,12H,1-4H2,(H,22,23);1H3. The van der Waals surface area contributed by atoms with E-state index in [4.69, 9.17) is 5.11 Å². The summed E-state index contributed by atoms with van der Waals surface area (Å²) in [5.41, 5.74) is -2.40. The minimum Gasteiger partial charge on any atom is -0.481 e. The fourth-order valence-electron chi connectivity index (χ4n) is 2.34. The van der Waals surface area contributed by atoms with E-state index in [0.29, 0.717) is 19.3 Å². The number of benzene rings is 1. The summed E-state index contributed by atoms with van der Waals surface area (Å²) in [7, 11) is 0.500. The molecule has 0 atom stereocenters. The van der Waals surface area contributed by atoms with Crippen LogP contribution in [0.3, 0.4) is 0 Å². The van der Waals surface area contributed by atoms with Gasteiger partial charge in [0.15, 0.2) is 0 Å². The molecule has 1 heterocycles. The smallest absolute Gasteiger partial charge is 0.416 e. The molecule has 2 rings (SSSR count). The molecular weight excluding hydrogens is 370 g/mol. The topological polar surface area (TPSA) is 60.9 Å². The molecule has 1 saturated heterocycles. The van der Waals surface area contributed by atoms with Gasteiger partial charge >= 0.3 is 18.2 Å². The van der Waals surface area contributed by atoms with Crippen molar-refractivity contribution in [3.8, 4) is 0 Å². The number of hydrogen-bond acceptors (Lipinski definition) is 2. The van der Waals surface area contributed by atoms with Crippen molar-refractivity contribution in [2.24, 2.45) is 0 Å². The predicted molar refractivity (Wildman–Crippen MR) is 80.0 cm³/mol. The lowest BCUT2D eigenvalue weighted by atomic mass is 10.1.